The molecule has 6 heteroatoms. The maximum absolute atomic E-state index is 13.2. The van der Waals surface area contributed by atoms with Crippen molar-refractivity contribution in [2.75, 3.05) is 13.1 Å². The minimum absolute atomic E-state index is 0.0599. The van der Waals surface area contributed by atoms with Crippen LogP contribution < -0.4 is 10.9 Å². The number of carbonyl (C=O) groups excluding carboxylic acids is 1. The molecule has 4 atom stereocenters. The molecule has 2 aromatic rings. The summed E-state index contributed by atoms with van der Waals surface area (Å²) < 4.78 is 2.25. The molecular formula is C22H29N5O. The SMILES string of the molecule is O=C(C1NNC2CCCC21)N1CCCC(c2nccn2Cc2ccccc2)C1. The zero-order valence-corrected chi connectivity index (χ0v) is 16.3. The predicted octanol–water partition coefficient (Wildman–Crippen LogP) is 2.28. The highest BCUT2D eigenvalue weighted by Crippen LogP contribution is 2.33. The van der Waals surface area contributed by atoms with Gasteiger partial charge in [-0.2, -0.15) is 0 Å². The summed E-state index contributed by atoms with van der Waals surface area (Å²) in [5.74, 6) is 2.14. The van der Waals surface area contributed by atoms with Gasteiger partial charge in [-0.1, -0.05) is 36.8 Å². The summed E-state index contributed by atoms with van der Waals surface area (Å²) in [5, 5.41) is 0. The minimum atomic E-state index is -0.0599. The van der Waals surface area contributed by atoms with Crippen LogP contribution in [0.5, 0.6) is 0 Å². The zero-order chi connectivity index (χ0) is 18.9. The summed E-state index contributed by atoms with van der Waals surface area (Å²) in [4.78, 5) is 20.0. The number of carbonyl (C=O) groups is 1. The van der Waals surface area contributed by atoms with E-state index in [0.717, 1.165) is 44.7 Å². The van der Waals surface area contributed by atoms with Crippen LogP contribution in [0.4, 0.5) is 0 Å². The smallest absolute Gasteiger partial charge is 0.241 e. The second kappa shape index (κ2) is 7.68. The van der Waals surface area contributed by atoms with Crippen LogP contribution in [0.25, 0.3) is 0 Å². The highest BCUT2D eigenvalue weighted by atomic mass is 16.2. The first kappa shape index (κ1) is 17.9. The molecule has 1 aromatic heterocycles. The summed E-state index contributed by atoms with van der Waals surface area (Å²) in [6.07, 6.45) is 9.66. The summed E-state index contributed by atoms with van der Waals surface area (Å²) >= 11 is 0. The number of benzene rings is 1. The Morgan fingerprint density at radius 1 is 1.11 bits per heavy atom. The molecule has 2 N–H and O–H groups in total. The Kier molecular flexibility index (Phi) is 4.91. The second-order valence-corrected chi connectivity index (χ2v) is 8.49. The first-order valence-electron chi connectivity index (χ1n) is 10.6. The first-order chi connectivity index (χ1) is 13.8. The van der Waals surface area contributed by atoms with Crippen molar-refractivity contribution in [1.82, 2.24) is 25.3 Å². The monoisotopic (exact) mass is 379 g/mol. The standard InChI is InChI=1S/C22H29N5O/c28-22(20-18-9-4-10-19(18)24-25-20)27-12-5-8-17(15-27)21-23-11-13-26(21)14-16-6-2-1-3-7-16/h1-3,6-7,11,13,17-20,24-25H,4-5,8-10,12,14-15H2. The van der Waals surface area contributed by atoms with Crippen LogP contribution >= 0.6 is 0 Å². The van der Waals surface area contributed by atoms with Crippen LogP contribution in [0.1, 0.15) is 49.4 Å². The molecule has 5 rings (SSSR count). The molecule has 4 unspecified atom stereocenters. The Bertz CT molecular complexity index is 819. The lowest BCUT2D eigenvalue weighted by molar-refractivity contribution is -0.135. The number of imidazole rings is 1. The molecule has 3 aliphatic rings. The van der Waals surface area contributed by atoms with Crippen LogP contribution in [-0.4, -0.2) is 45.5 Å². The normalized spacial score (nSPS) is 29.8. The highest BCUT2D eigenvalue weighted by Gasteiger charge is 2.44. The summed E-state index contributed by atoms with van der Waals surface area (Å²) in [5.41, 5.74) is 7.91. The van der Waals surface area contributed by atoms with Gasteiger partial charge in [-0.05, 0) is 31.2 Å². The van der Waals surface area contributed by atoms with E-state index in [0.29, 0.717) is 17.9 Å². The Balaban J connectivity index is 1.29. The van der Waals surface area contributed by atoms with Crippen LogP contribution in [0, 0.1) is 5.92 Å². The molecule has 3 heterocycles. The number of likely N-dealkylation sites (tertiary alicyclic amines) is 1. The molecule has 1 aliphatic carbocycles. The Hall–Kier alpha value is -2.18. The van der Waals surface area contributed by atoms with Crippen molar-refractivity contribution in [3.8, 4) is 0 Å². The highest BCUT2D eigenvalue weighted by molar-refractivity contribution is 5.83. The molecule has 2 aliphatic heterocycles. The average Bonchev–Trinajstić information content (AvgIpc) is 3.45. The van der Waals surface area contributed by atoms with Crippen molar-refractivity contribution in [3.05, 3.63) is 54.1 Å². The molecule has 1 amide bonds. The fraction of sp³-hybridized carbons (Fsp3) is 0.545. The maximum Gasteiger partial charge on any atom is 0.241 e. The first-order valence-corrected chi connectivity index (χ1v) is 10.6. The van der Waals surface area contributed by atoms with Gasteiger partial charge in [0.05, 0.1) is 0 Å². The number of hydrazine groups is 1. The number of nitrogens with zero attached hydrogens (tertiary/aromatic N) is 3. The van der Waals surface area contributed by atoms with Gasteiger partial charge in [-0.15, -0.1) is 0 Å². The predicted molar refractivity (Wildman–Crippen MR) is 108 cm³/mol. The number of hydrogen-bond donors (Lipinski definition) is 2. The van der Waals surface area contributed by atoms with Crippen LogP contribution in [0.3, 0.4) is 0 Å². The molecule has 28 heavy (non-hydrogen) atoms. The molecule has 2 saturated heterocycles. The van der Waals surface area contributed by atoms with Gasteiger partial charge < -0.3 is 9.47 Å². The lowest BCUT2D eigenvalue weighted by Crippen LogP contribution is -2.50. The van der Waals surface area contributed by atoms with E-state index in [1.165, 1.54) is 18.4 Å². The zero-order valence-electron chi connectivity index (χ0n) is 16.3. The molecular weight excluding hydrogens is 350 g/mol. The van der Waals surface area contributed by atoms with Crippen LogP contribution in [0.2, 0.25) is 0 Å². The fourth-order valence-electron chi connectivity index (χ4n) is 5.29. The van der Waals surface area contributed by atoms with Crippen molar-refractivity contribution in [3.63, 3.8) is 0 Å². The molecule has 0 spiro atoms. The van der Waals surface area contributed by atoms with E-state index in [4.69, 9.17) is 0 Å². The number of rotatable bonds is 4. The van der Waals surface area contributed by atoms with E-state index in [9.17, 15) is 4.79 Å². The number of fused-ring (bicyclic) bond motifs is 1. The number of aromatic nitrogens is 2. The summed E-state index contributed by atoms with van der Waals surface area (Å²) in [7, 11) is 0. The Labute approximate surface area is 166 Å². The largest absolute Gasteiger partial charge is 0.341 e. The van der Waals surface area contributed by atoms with E-state index in [-0.39, 0.29) is 11.9 Å². The van der Waals surface area contributed by atoms with Gasteiger partial charge in [-0.25, -0.2) is 10.4 Å². The third kappa shape index (κ3) is 3.35. The van der Waals surface area contributed by atoms with Crippen molar-refractivity contribution in [1.29, 1.82) is 0 Å². The molecule has 0 radical (unpaired) electrons. The molecule has 1 saturated carbocycles. The van der Waals surface area contributed by atoms with Crippen molar-refractivity contribution < 1.29 is 4.79 Å². The molecule has 3 fully saturated rings. The van der Waals surface area contributed by atoms with E-state index in [1.807, 2.05) is 12.3 Å². The van der Waals surface area contributed by atoms with Crippen molar-refractivity contribution >= 4 is 5.91 Å². The number of hydrogen-bond acceptors (Lipinski definition) is 4. The van der Waals surface area contributed by atoms with E-state index < -0.39 is 0 Å². The van der Waals surface area contributed by atoms with Gasteiger partial charge in [0.25, 0.3) is 0 Å². The third-order valence-corrected chi connectivity index (χ3v) is 6.73. The molecule has 1 aromatic carbocycles. The Morgan fingerprint density at radius 2 is 2.00 bits per heavy atom. The minimum Gasteiger partial charge on any atom is -0.341 e. The van der Waals surface area contributed by atoms with E-state index in [1.54, 1.807) is 0 Å². The van der Waals surface area contributed by atoms with E-state index in [2.05, 4.69) is 55.8 Å². The number of nitrogens with one attached hydrogen (secondary N) is 2. The molecule has 0 bridgehead atoms. The van der Waals surface area contributed by atoms with Crippen LogP contribution in [0.15, 0.2) is 42.7 Å². The second-order valence-electron chi connectivity index (χ2n) is 8.49. The number of amides is 1. The topological polar surface area (TPSA) is 62.2 Å². The van der Waals surface area contributed by atoms with Gasteiger partial charge in [0, 0.05) is 49.9 Å². The summed E-state index contributed by atoms with van der Waals surface area (Å²) in [6.45, 7) is 2.48. The summed E-state index contributed by atoms with van der Waals surface area (Å²) in [6, 6.07) is 10.9. The Morgan fingerprint density at radius 3 is 2.89 bits per heavy atom. The van der Waals surface area contributed by atoms with Gasteiger partial charge >= 0.3 is 0 Å². The van der Waals surface area contributed by atoms with Crippen molar-refractivity contribution in [2.24, 2.45) is 5.92 Å². The van der Waals surface area contributed by atoms with Gasteiger partial charge in [-0.3, -0.25) is 10.2 Å². The molecule has 6 nitrogen and oxygen atoms in total. The number of piperidine rings is 1. The van der Waals surface area contributed by atoms with Crippen LogP contribution in [-0.2, 0) is 11.3 Å². The van der Waals surface area contributed by atoms with Gasteiger partial charge in [0.15, 0.2) is 0 Å². The van der Waals surface area contributed by atoms with Gasteiger partial charge in [0.1, 0.15) is 11.9 Å². The van der Waals surface area contributed by atoms with E-state index >= 15 is 0 Å². The lowest BCUT2D eigenvalue weighted by atomic mass is 9.93. The van der Waals surface area contributed by atoms with Gasteiger partial charge in [0.2, 0.25) is 5.91 Å². The quantitative estimate of drug-likeness (QED) is 0.856. The maximum atomic E-state index is 13.2. The van der Waals surface area contributed by atoms with Crippen molar-refractivity contribution in [2.45, 2.75) is 56.7 Å². The third-order valence-electron chi connectivity index (χ3n) is 6.73. The lowest BCUT2D eigenvalue weighted by Gasteiger charge is -2.35. The fourth-order valence-corrected chi connectivity index (χ4v) is 5.29. The average molecular weight is 380 g/mol. The molecule has 148 valence electrons.